The maximum absolute atomic E-state index is 15.5. The summed E-state index contributed by atoms with van der Waals surface area (Å²) in [5.74, 6) is -1.89. The van der Waals surface area contributed by atoms with E-state index in [0.717, 1.165) is 45.6 Å². The van der Waals surface area contributed by atoms with E-state index in [4.69, 9.17) is 4.74 Å². The fourth-order valence-electron chi connectivity index (χ4n) is 6.24. The summed E-state index contributed by atoms with van der Waals surface area (Å²) in [7, 11) is 4.45. The molecule has 2 saturated heterocycles. The minimum atomic E-state index is -1.01. The van der Waals surface area contributed by atoms with Crippen LogP contribution >= 0.6 is 0 Å². The van der Waals surface area contributed by atoms with Crippen LogP contribution in [-0.4, -0.2) is 73.9 Å². The van der Waals surface area contributed by atoms with Gasteiger partial charge < -0.3 is 25.6 Å². The summed E-state index contributed by atoms with van der Waals surface area (Å²) < 4.78 is 21.2. The highest BCUT2D eigenvalue weighted by Gasteiger charge is 2.39. The summed E-state index contributed by atoms with van der Waals surface area (Å²) >= 11 is 0. The lowest BCUT2D eigenvalue weighted by atomic mass is 9.90. The number of rotatable bonds is 10. The third-order valence-electron chi connectivity index (χ3n) is 8.97. The first-order chi connectivity index (χ1) is 22.0. The maximum Gasteiger partial charge on any atom is 0.326 e. The average molecular weight is 630 g/mol. The normalized spacial score (nSPS) is 18.2. The smallest absolute Gasteiger partial charge is 0.326 e. The van der Waals surface area contributed by atoms with Crippen molar-refractivity contribution in [2.75, 3.05) is 39.6 Å². The number of ether oxygens (including phenoxy) is 1. The highest BCUT2D eigenvalue weighted by atomic mass is 19.1. The first-order valence-electron chi connectivity index (χ1n) is 15.4. The third kappa shape index (κ3) is 6.60. The topological polar surface area (TPSA) is 120 Å². The molecule has 2 heterocycles. The van der Waals surface area contributed by atoms with Crippen LogP contribution in [0.15, 0.2) is 48.5 Å². The fourth-order valence-corrected chi connectivity index (χ4v) is 6.24. The second-order valence-corrected chi connectivity index (χ2v) is 12.0. The Kier molecular flexibility index (Phi) is 9.71. The second kappa shape index (κ2) is 13.7. The molecule has 2 unspecified atom stereocenters. The molecule has 5 rings (SSSR count). The number of hydrogen-bond donors (Lipinski definition) is 3. The van der Waals surface area contributed by atoms with Crippen molar-refractivity contribution in [1.82, 2.24) is 20.4 Å². The second-order valence-electron chi connectivity index (χ2n) is 12.0. The van der Waals surface area contributed by atoms with E-state index < -0.39 is 23.8 Å². The van der Waals surface area contributed by atoms with Crippen molar-refractivity contribution in [2.24, 2.45) is 5.92 Å². The van der Waals surface area contributed by atoms with Crippen LogP contribution in [0.4, 0.5) is 14.9 Å². The Morgan fingerprint density at radius 3 is 2.41 bits per heavy atom. The Morgan fingerprint density at radius 1 is 1.02 bits per heavy atom. The monoisotopic (exact) mass is 629 g/mol. The van der Waals surface area contributed by atoms with Crippen LogP contribution in [-0.2, 0) is 20.9 Å². The number of anilines is 1. The van der Waals surface area contributed by atoms with E-state index in [0.29, 0.717) is 42.1 Å². The van der Waals surface area contributed by atoms with Crippen molar-refractivity contribution in [2.45, 2.75) is 45.7 Å². The van der Waals surface area contributed by atoms with Gasteiger partial charge >= 0.3 is 6.03 Å². The highest BCUT2D eigenvalue weighted by molar-refractivity contribution is 6.12. The molecule has 11 heteroatoms. The van der Waals surface area contributed by atoms with E-state index >= 15 is 4.39 Å². The first kappa shape index (κ1) is 32.6. The quantitative estimate of drug-likeness (QED) is 0.222. The summed E-state index contributed by atoms with van der Waals surface area (Å²) in [6.07, 6.45) is 2.15. The molecule has 46 heavy (non-hydrogen) atoms. The van der Waals surface area contributed by atoms with Gasteiger partial charge in [-0.25, -0.2) is 9.18 Å². The van der Waals surface area contributed by atoms with Crippen LogP contribution in [0.5, 0.6) is 5.75 Å². The van der Waals surface area contributed by atoms with Gasteiger partial charge in [-0.2, -0.15) is 0 Å². The van der Waals surface area contributed by atoms with Gasteiger partial charge in [0.2, 0.25) is 17.7 Å². The molecule has 242 valence electrons. The van der Waals surface area contributed by atoms with E-state index in [1.807, 2.05) is 50.2 Å². The van der Waals surface area contributed by atoms with Gasteiger partial charge in [-0.05, 0) is 84.8 Å². The lowest BCUT2D eigenvalue weighted by Crippen LogP contribution is -2.56. The fraction of sp³-hybridized carbons (Fsp3) is 0.371. The number of nitrogens with one attached hydrogen (secondary N) is 3. The number of amides is 5. The Morgan fingerprint density at radius 2 is 1.72 bits per heavy atom. The molecular weight excluding hydrogens is 589 g/mol. The lowest BCUT2D eigenvalue weighted by molar-refractivity contribution is -0.140. The Balaban J connectivity index is 1.36. The average Bonchev–Trinajstić information content (AvgIpc) is 3.46. The van der Waals surface area contributed by atoms with E-state index in [1.54, 1.807) is 13.1 Å². The van der Waals surface area contributed by atoms with Crippen molar-refractivity contribution >= 4 is 29.4 Å². The third-order valence-corrected chi connectivity index (χ3v) is 8.97. The lowest BCUT2D eigenvalue weighted by Gasteiger charge is -2.33. The van der Waals surface area contributed by atoms with Gasteiger partial charge in [-0.15, -0.1) is 0 Å². The van der Waals surface area contributed by atoms with Crippen LogP contribution in [0.1, 0.15) is 36.0 Å². The summed E-state index contributed by atoms with van der Waals surface area (Å²) in [5, 5.41) is 9.12. The number of hydrogen-bond acceptors (Lipinski definition) is 6. The van der Waals surface area contributed by atoms with Crippen molar-refractivity contribution in [3.8, 4) is 28.0 Å². The van der Waals surface area contributed by atoms with Crippen LogP contribution in [0, 0.1) is 25.6 Å². The molecule has 10 nitrogen and oxygen atoms in total. The number of halogens is 1. The molecule has 2 fully saturated rings. The number of urea groups is 1. The molecule has 2 aliphatic rings. The van der Waals surface area contributed by atoms with Gasteiger partial charge in [0.1, 0.15) is 17.5 Å². The highest BCUT2D eigenvalue weighted by Crippen LogP contribution is 2.38. The van der Waals surface area contributed by atoms with E-state index in [-0.39, 0.29) is 24.3 Å². The largest absolute Gasteiger partial charge is 0.496 e. The number of carbonyl (C=O) groups excluding carboxylic acids is 4. The van der Waals surface area contributed by atoms with E-state index in [9.17, 15) is 19.2 Å². The molecule has 2 atom stereocenters. The molecule has 0 aliphatic carbocycles. The van der Waals surface area contributed by atoms with Crippen LogP contribution in [0.25, 0.3) is 22.3 Å². The number of imide groups is 1. The number of methoxy groups -OCH3 is 1. The predicted octanol–water partition coefficient (Wildman–Crippen LogP) is 4.62. The van der Waals surface area contributed by atoms with Crippen molar-refractivity contribution in [3.63, 3.8) is 0 Å². The standard InChI is InChI=1S/C35H40FN5O5/c1-20-24(22-16-29(36)27(31(17-22)46-5)18-37-15-14-23-12-13-32(42)38-23)8-6-9-25(20)26-10-7-11-30(21(26)2)39-33(43)28-19-40(3)35(45)41(4)34(28)44/h6-11,16-17,23,28,37H,12-15,18-19H2,1-5H3,(H,38,42)(H,39,43). The Labute approximate surface area is 268 Å². The zero-order chi connectivity index (χ0) is 33.1. The predicted molar refractivity (Wildman–Crippen MR) is 174 cm³/mol. The van der Waals surface area contributed by atoms with Crippen molar-refractivity contribution in [3.05, 3.63) is 71.0 Å². The summed E-state index contributed by atoms with van der Waals surface area (Å²) in [6.45, 7) is 4.80. The molecule has 3 N–H and O–H groups in total. The molecule has 2 aliphatic heterocycles. The number of nitrogens with zero attached hydrogens (tertiary/aromatic N) is 2. The van der Waals surface area contributed by atoms with E-state index in [2.05, 4.69) is 16.0 Å². The molecule has 3 aromatic carbocycles. The zero-order valence-electron chi connectivity index (χ0n) is 26.8. The molecule has 0 aromatic heterocycles. The molecule has 3 aromatic rings. The zero-order valence-corrected chi connectivity index (χ0v) is 26.8. The van der Waals surface area contributed by atoms with Crippen LogP contribution in [0.2, 0.25) is 0 Å². The van der Waals surface area contributed by atoms with Gasteiger partial charge in [0.25, 0.3) is 0 Å². The number of carbonyl (C=O) groups is 4. The molecule has 0 bridgehead atoms. The molecule has 0 saturated carbocycles. The minimum Gasteiger partial charge on any atom is -0.496 e. The first-order valence-corrected chi connectivity index (χ1v) is 15.4. The van der Waals surface area contributed by atoms with E-state index in [1.165, 1.54) is 25.1 Å². The maximum atomic E-state index is 15.5. The van der Waals surface area contributed by atoms with Crippen LogP contribution in [0.3, 0.4) is 0 Å². The summed E-state index contributed by atoms with van der Waals surface area (Å²) in [5.41, 5.74) is 6.02. The molecule has 0 radical (unpaired) electrons. The SMILES string of the molecule is COc1cc(-c2cccc(-c3cccc(NC(=O)C4CN(C)C(=O)N(C)C4=O)c3C)c2C)cc(F)c1CNCCC1CCC(=O)N1. The van der Waals surface area contributed by atoms with Gasteiger partial charge in [0, 0.05) is 50.9 Å². The summed E-state index contributed by atoms with van der Waals surface area (Å²) in [4.78, 5) is 51.7. The summed E-state index contributed by atoms with van der Waals surface area (Å²) in [6, 6.07) is 14.5. The van der Waals surface area contributed by atoms with Crippen molar-refractivity contribution < 1.29 is 28.3 Å². The van der Waals surface area contributed by atoms with Crippen molar-refractivity contribution in [1.29, 1.82) is 0 Å². The Hall–Kier alpha value is -4.77. The molecule has 5 amide bonds. The molecular formula is C35H40FN5O5. The van der Waals surface area contributed by atoms with Gasteiger partial charge in [-0.1, -0.05) is 30.3 Å². The van der Waals surface area contributed by atoms with Crippen LogP contribution < -0.4 is 20.7 Å². The Bertz CT molecular complexity index is 1690. The van der Waals surface area contributed by atoms with Gasteiger partial charge in [-0.3, -0.25) is 19.3 Å². The molecule has 0 spiro atoms. The minimum absolute atomic E-state index is 0.00269. The van der Waals surface area contributed by atoms with Gasteiger partial charge in [0.05, 0.1) is 7.11 Å². The van der Waals surface area contributed by atoms with Gasteiger partial charge in [0.15, 0.2) is 0 Å². The number of benzene rings is 3.